The molecule has 2 rings (SSSR count). The van der Waals surface area contributed by atoms with Gasteiger partial charge < -0.3 is 16.2 Å². The molecular weight excluding hydrogens is 262 g/mol. The van der Waals surface area contributed by atoms with Gasteiger partial charge in [-0.25, -0.2) is 14.5 Å². The zero-order valence-electron chi connectivity index (χ0n) is 10.7. The molecule has 0 unspecified atom stereocenters. The summed E-state index contributed by atoms with van der Waals surface area (Å²) in [5, 5.41) is 3.93. The van der Waals surface area contributed by atoms with Crippen LogP contribution < -0.4 is 11.5 Å². The number of aromatic nitrogens is 3. The van der Waals surface area contributed by atoms with Gasteiger partial charge in [-0.1, -0.05) is 0 Å². The molecule has 2 heterocycles. The zero-order valence-corrected chi connectivity index (χ0v) is 10.7. The SMILES string of the molecule is CCOC(=O)c1cccnc1-n1cc(N)c(C(N)=O)n1. The molecule has 20 heavy (non-hydrogen) atoms. The maximum absolute atomic E-state index is 11.8. The second-order valence-corrected chi connectivity index (χ2v) is 3.84. The van der Waals surface area contributed by atoms with Gasteiger partial charge in [0.1, 0.15) is 5.56 Å². The molecule has 1 amide bonds. The third-order valence-corrected chi connectivity index (χ3v) is 2.47. The molecule has 0 aliphatic carbocycles. The van der Waals surface area contributed by atoms with Crippen molar-refractivity contribution in [3.05, 3.63) is 35.8 Å². The fourth-order valence-electron chi connectivity index (χ4n) is 1.63. The number of nitrogens with two attached hydrogens (primary N) is 2. The van der Waals surface area contributed by atoms with Gasteiger partial charge in [-0.15, -0.1) is 0 Å². The molecule has 0 spiro atoms. The number of esters is 1. The van der Waals surface area contributed by atoms with Crippen LogP contribution in [0.4, 0.5) is 5.69 Å². The van der Waals surface area contributed by atoms with Crippen molar-refractivity contribution >= 4 is 17.6 Å². The summed E-state index contributed by atoms with van der Waals surface area (Å²) in [6.07, 6.45) is 2.85. The summed E-state index contributed by atoms with van der Waals surface area (Å²) >= 11 is 0. The van der Waals surface area contributed by atoms with E-state index in [4.69, 9.17) is 16.2 Å². The minimum Gasteiger partial charge on any atom is -0.462 e. The molecule has 0 aliphatic heterocycles. The van der Waals surface area contributed by atoms with E-state index in [-0.39, 0.29) is 29.4 Å². The van der Waals surface area contributed by atoms with E-state index in [1.165, 1.54) is 17.1 Å². The topological polar surface area (TPSA) is 126 Å². The Morgan fingerprint density at radius 1 is 1.45 bits per heavy atom. The van der Waals surface area contributed by atoms with Crippen LogP contribution in [0.1, 0.15) is 27.8 Å². The number of nitrogen functional groups attached to an aromatic ring is 1. The highest BCUT2D eigenvalue weighted by Gasteiger charge is 2.18. The first-order valence-electron chi connectivity index (χ1n) is 5.82. The van der Waals surface area contributed by atoms with Crippen molar-refractivity contribution in [2.45, 2.75) is 6.92 Å². The molecule has 0 fully saturated rings. The first kappa shape index (κ1) is 13.5. The highest BCUT2D eigenvalue weighted by atomic mass is 16.5. The number of hydrogen-bond donors (Lipinski definition) is 2. The van der Waals surface area contributed by atoms with Crippen molar-refractivity contribution in [2.75, 3.05) is 12.3 Å². The predicted molar refractivity (Wildman–Crippen MR) is 70.2 cm³/mol. The van der Waals surface area contributed by atoms with Crippen LogP contribution in [-0.2, 0) is 4.74 Å². The largest absolute Gasteiger partial charge is 0.462 e. The van der Waals surface area contributed by atoms with E-state index < -0.39 is 11.9 Å². The number of carbonyl (C=O) groups excluding carboxylic acids is 2. The highest BCUT2D eigenvalue weighted by Crippen LogP contribution is 2.16. The van der Waals surface area contributed by atoms with Gasteiger partial charge in [-0.3, -0.25) is 4.79 Å². The number of nitrogens with zero attached hydrogens (tertiary/aromatic N) is 3. The molecule has 2 aromatic rings. The average molecular weight is 275 g/mol. The van der Waals surface area contributed by atoms with Crippen molar-refractivity contribution in [3.63, 3.8) is 0 Å². The molecule has 0 atom stereocenters. The van der Waals surface area contributed by atoms with E-state index in [1.54, 1.807) is 19.1 Å². The Morgan fingerprint density at radius 2 is 2.20 bits per heavy atom. The molecule has 8 nitrogen and oxygen atoms in total. The van der Waals surface area contributed by atoms with E-state index >= 15 is 0 Å². The minimum absolute atomic E-state index is 0.0783. The number of pyridine rings is 1. The third kappa shape index (κ3) is 2.44. The molecule has 0 radical (unpaired) electrons. The lowest BCUT2D eigenvalue weighted by Gasteiger charge is -2.07. The number of primary amides is 1. The lowest BCUT2D eigenvalue weighted by Crippen LogP contribution is -2.15. The molecule has 104 valence electrons. The van der Waals surface area contributed by atoms with Crippen molar-refractivity contribution in [3.8, 4) is 5.82 Å². The Labute approximate surface area is 114 Å². The first-order chi connectivity index (χ1) is 9.54. The Bertz CT molecular complexity index is 665. The molecule has 0 aliphatic rings. The Balaban J connectivity index is 2.50. The smallest absolute Gasteiger partial charge is 0.341 e. The van der Waals surface area contributed by atoms with Crippen LogP contribution in [0.2, 0.25) is 0 Å². The van der Waals surface area contributed by atoms with E-state index in [0.717, 1.165) is 0 Å². The number of anilines is 1. The predicted octanol–water partition coefficient (Wildman–Crippen LogP) is 0.125. The summed E-state index contributed by atoms with van der Waals surface area (Å²) in [6, 6.07) is 3.14. The van der Waals surface area contributed by atoms with E-state index in [2.05, 4.69) is 10.1 Å². The van der Waals surface area contributed by atoms with Crippen LogP contribution in [0, 0.1) is 0 Å². The highest BCUT2D eigenvalue weighted by molar-refractivity contribution is 5.96. The molecule has 0 saturated carbocycles. The standard InChI is InChI=1S/C12H13N5O3/c1-2-20-12(19)7-4-3-5-15-11(7)17-6-8(13)9(16-17)10(14)18/h3-6H,2,13H2,1H3,(H2,14,18). The van der Waals surface area contributed by atoms with Gasteiger partial charge in [0.15, 0.2) is 11.5 Å². The van der Waals surface area contributed by atoms with Gasteiger partial charge in [-0.2, -0.15) is 5.10 Å². The summed E-state index contributed by atoms with van der Waals surface area (Å²) in [5.41, 5.74) is 11.0. The zero-order chi connectivity index (χ0) is 14.7. The van der Waals surface area contributed by atoms with Gasteiger partial charge in [0.2, 0.25) is 0 Å². The lowest BCUT2D eigenvalue weighted by molar-refractivity contribution is 0.0525. The fourth-order valence-corrected chi connectivity index (χ4v) is 1.63. The molecule has 0 aromatic carbocycles. The Hall–Kier alpha value is -2.90. The van der Waals surface area contributed by atoms with Gasteiger partial charge in [0, 0.05) is 6.20 Å². The van der Waals surface area contributed by atoms with E-state index in [1.807, 2.05) is 0 Å². The lowest BCUT2D eigenvalue weighted by atomic mass is 10.2. The maximum Gasteiger partial charge on any atom is 0.341 e. The van der Waals surface area contributed by atoms with Crippen molar-refractivity contribution in [2.24, 2.45) is 5.73 Å². The van der Waals surface area contributed by atoms with E-state index in [0.29, 0.717) is 0 Å². The summed E-state index contributed by atoms with van der Waals surface area (Å²) in [7, 11) is 0. The first-order valence-corrected chi connectivity index (χ1v) is 5.82. The summed E-state index contributed by atoms with van der Waals surface area (Å²) in [5.74, 6) is -1.08. The molecule has 0 bridgehead atoms. The number of amides is 1. The number of carbonyl (C=O) groups is 2. The number of rotatable bonds is 4. The molecule has 2 aromatic heterocycles. The van der Waals surface area contributed by atoms with Crippen LogP contribution in [0.5, 0.6) is 0 Å². The van der Waals surface area contributed by atoms with Crippen molar-refractivity contribution in [1.82, 2.24) is 14.8 Å². The van der Waals surface area contributed by atoms with Gasteiger partial charge in [0.05, 0.1) is 18.5 Å². The summed E-state index contributed by atoms with van der Waals surface area (Å²) in [4.78, 5) is 27.0. The molecule has 8 heteroatoms. The van der Waals surface area contributed by atoms with Gasteiger partial charge in [0.25, 0.3) is 5.91 Å². The molecule has 0 saturated heterocycles. The summed E-state index contributed by atoms with van der Waals surface area (Å²) < 4.78 is 6.16. The third-order valence-electron chi connectivity index (χ3n) is 2.47. The molecular formula is C12H13N5O3. The number of hydrogen-bond acceptors (Lipinski definition) is 6. The van der Waals surface area contributed by atoms with E-state index in [9.17, 15) is 9.59 Å². The minimum atomic E-state index is -0.755. The molecule has 4 N–H and O–H groups in total. The van der Waals surface area contributed by atoms with Crippen LogP contribution in [0.15, 0.2) is 24.5 Å². The Kier molecular flexibility index (Phi) is 3.65. The van der Waals surface area contributed by atoms with Crippen molar-refractivity contribution < 1.29 is 14.3 Å². The average Bonchev–Trinajstić information content (AvgIpc) is 2.81. The monoisotopic (exact) mass is 275 g/mol. The van der Waals surface area contributed by atoms with Crippen LogP contribution >= 0.6 is 0 Å². The van der Waals surface area contributed by atoms with Gasteiger partial charge in [-0.05, 0) is 19.1 Å². The van der Waals surface area contributed by atoms with Crippen LogP contribution in [-0.4, -0.2) is 33.2 Å². The van der Waals surface area contributed by atoms with Crippen LogP contribution in [0.25, 0.3) is 5.82 Å². The van der Waals surface area contributed by atoms with Crippen LogP contribution in [0.3, 0.4) is 0 Å². The van der Waals surface area contributed by atoms with Gasteiger partial charge >= 0.3 is 5.97 Å². The second kappa shape index (κ2) is 5.39. The maximum atomic E-state index is 11.8. The quantitative estimate of drug-likeness (QED) is 0.763. The number of ether oxygens (including phenoxy) is 1. The normalized spacial score (nSPS) is 10.2. The second-order valence-electron chi connectivity index (χ2n) is 3.84. The fraction of sp³-hybridized carbons (Fsp3) is 0.167. The Morgan fingerprint density at radius 3 is 2.80 bits per heavy atom. The van der Waals surface area contributed by atoms with Crippen molar-refractivity contribution in [1.29, 1.82) is 0 Å². The summed E-state index contributed by atoms with van der Waals surface area (Å²) in [6.45, 7) is 1.94.